The van der Waals surface area contributed by atoms with E-state index in [4.69, 9.17) is 10.5 Å². The molecule has 0 spiro atoms. The van der Waals surface area contributed by atoms with Crippen LogP contribution in [0.3, 0.4) is 0 Å². The monoisotopic (exact) mass is 451 g/mol. The van der Waals surface area contributed by atoms with Crippen LogP contribution in [-0.2, 0) is 27.8 Å². The molecule has 2 heterocycles. The molecule has 2 aliphatic rings. The molecule has 1 saturated heterocycles. The van der Waals surface area contributed by atoms with Crippen LogP contribution in [0.1, 0.15) is 43.1 Å². The van der Waals surface area contributed by atoms with Crippen LogP contribution in [-0.4, -0.2) is 38.1 Å². The van der Waals surface area contributed by atoms with E-state index in [-0.39, 0.29) is 22.5 Å². The van der Waals surface area contributed by atoms with E-state index in [1.807, 2.05) is 6.07 Å². The normalized spacial score (nSPS) is 24.5. The van der Waals surface area contributed by atoms with Gasteiger partial charge in [-0.05, 0) is 61.7 Å². The molecule has 2 aliphatic heterocycles. The minimum atomic E-state index is -3.56. The molecule has 0 amide bonds. The Hall–Kier alpha value is -1.91. The summed E-state index contributed by atoms with van der Waals surface area (Å²) < 4.78 is 61.1. The molecule has 0 bridgehead atoms. The molecule has 0 unspecified atom stereocenters. The Labute approximate surface area is 181 Å². The van der Waals surface area contributed by atoms with Crippen LogP contribution >= 0.6 is 0 Å². The fourth-order valence-corrected chi connectivity index (χ4v) is 5.65. The van der Waals surface area contributed by atoms with Crippen LogP contribution in [0.5, 0.6) is 0 Å². The molecule has 6 nitrogen and oxygen atoms in total. The molecule has 0 aromatic heterocycles. The topological polar surface area (TPSA) is 84.7 Å². The lowest BCUT2D eigenvalue weighted by molar-refractivity contribution is -0.0531. The number of rotatable bonds is 5. The third-order valence-corrected chi connectivity index (χ3v) is 7.46. The Kier molecular flexibility index (Phi) is 6.15. The zero-order valence-electron chi connectivity index (χ0n) is 17.5. The van der Waals surface area contributed by atoms with Crippen LogP contribution in [0.4, 0.5) is 8.78 Å². The number of halogens is 2. The molecule has 2 aromatic rings. The van der Waals surface area contributed by atoms with Gasteiger partial charge in [-0.3, -0.25) is 4.90 Å². The fraction of sp³-hybridized carbons (Fsp3) is 0.455. The number of hydrogen-bond donors (Lipinski definition) is 2. The van der Waals surface area contributed by atoms with Crippen LogP contribution in [0.25, 0.3) is 0 Å². The number of benzene rings is 2. The van der Waals surface area contributed by atoms with Gasteiger partial charge in [-0.1, -0.05) is 6.07 Å². The molecule has 31 heavy (non-hydrogen) atoms. The van der Waals surface area contributed by atoms with Crippen LogP contribution in [0, 0.1) is 11.6 Å². The summed E-state index contributed by atoms with van der Waals surface area (Å²) >= 11 is 0. The van der Waals surface area contributed by atoms with Gasteiger partial charge in [0.05, 0.1) is 11.5 Å². The van der Waals surface area contributed by atoms with E-state index < -0.39 is 33.8 Å². The van der Waals surface area contributed by atoms with E-state index in [1.165, 1.54) is 0 Å². The van der Waals surface area contributed by atoms with Crippen LogP contribution in [0.2, 0.25) is 0 Å². The van der Waals surface area contributed by atoms with Crippen LogP contribution in [0.15, 0.2) is 41.3 Å². The molecule has 168 valence electrons. The van der Waals surface area contributed by atoms with Crippen molar-refractivity contribution < 1.29 is 21.9 Å². The third kappa shape index (κ3) is 4.65. The number of hydrogen-bond acceptors (Lipinski definition) is 5. The summed E-state index contributed by atoms with van der Waals surface area (Å²) in [7, 11) is -3.56. The molecule has 0 aliphatic carbocycles. The van der Waals surface area contributed by atoms with Crippen molar-refractivity contribution in [2.45, 2.75) is 62.5 Å². The largest absolute Gasteiger partial charge is 0.370 e. The second-order valence-electron chi connectivity index (χ2n) is 8.58. The van der Waals surface area contributed by atoms with Crippen molar-refractivity contribution in [2.24, 2.45) is 5.73 Å². The first-order valence-electron chi connectivity index (χ1n) is 10.3. The van der Waals surface area contributed by atoms with E-state index in [2.05, 4.69) is 9.62 Å². The van der Waals surface area contributed by atoms with Crippen molar-refractivity contribution in [2.75, 3.05) is 6.61 Å². The molecule has 9 heteroatoms. The first-order valence-corrected chi connectivity index (χ1v) is 11.8. The number of ether oxygens (including phenoxy) is 1. The molecule has 0 saturated carbocycles. The average molecular weight is 452 g/mol. The average Bonchev–Trinajstić information content (AvgIpc) is 3.12. The predicted octanol–water partition coefficient (Wildman–Crippen LogP) is 2.82. The van der Waals surface area contributed by atoms with Crippen molar-refractivity contribution in [1.29, 1.82) is 0 Å². The van der Waals surface area contributed by atoms with Gasteiger partial charge in [0, 0.05) is 36.8 Å². The Morgan fingerprint density at radius 2 is 1.87 bits per heavy atom. The minimum absolute atomic E-state index is 0.00381. The number of nitrogens with one attached hydrogen (secondary N) is 1. The van der Waals surface area contributed by atoms with Gasteiger partial charge in [0.1, 0.15) is 17.7 Å². The molecule has 0 radical (unpaired) electrons. The quantitative estimate of drug-likeness (QED) is 0.730. The second kappa shape index (κ2) is 8.55. The van der Waals surface area contributed by atoms with Crippen molar-refractivity contribution in [1.82, 2.24) is 9.62 Å². The van der Waals surface area contributed by atoms with Crippen molar-refractivity contribution in [3.05, 3.63) is 64.7 Å². The van der Waals surface area contributed by atoms with Crippen molar-refractivity contribution in [3.63, 3.8) is 0 Å². The number of nitrogens with zero attached hydrogens (tertiary/aromatic N) is 1. The van der Waals surface area contributed by atoms with Gasteiger partial charge in [0.15, 0.2) is 0 Å². The summed E-state index contributed by atoms with van der Waals surface area (Å²) in [6.07, 6.45) is -0.134. The van der Waals surface area contributed by atoms with Crippen molar-refractivity contribution >= 4 is 10.0 Å². The Morgan fingerprint density at radius 1 is 1.13 bits per heavy atom. The Balaban J connectivity index is 1.45. The zero-order valence-corrected chi connectivity index (χ0v) is 18.3. The maximum absolute atomic E-state index is 14.2. The van der Waals surface area contributed by atoms with E-state index in [0.717, 1.165) is 29.3 Å². The Morgan fingerprint density at radius 3 is 2.58 bits per heavy atom. The summed E-state index contributed by atoms with van der Waals surface area (Å²) in [6.45, 7) is 5.14. The fourth-order valence-electron chi connectivity index (χ4n) is 4.35. The molecule has 3 N–H and O–H groups in total. The standard InChI is InChI=1S/C22H27F2N3O3S/c1-13(2)26-31(28,29)18-5-3-14-10-27(11-15(14)7-18)17-9-21(25)22(30-12-17)19-8-16(23)4-6-20(19)24/h3-8,13,17,21-22,26H,9-12,25H2,1-2H3/t17-,21+,22-/m1/s1. The summed E-state index contributed by atoms with van der Waals surface area (Å²) in [5, 5.41) is 0. The van der Waals surface area contributed by atoms with Gasteiger partial charge in [-0.15, -0.1) is 0 Å². The summed E-state index contributed by atoms with van der Waals surface area (Å²) in [5.74, 6) is -1.06. The van der Waals surface area contributed by atoms with E-state index in [0.29, 0.717) is 26.1 Å². The lowest BCUT2D eigenvalue weighted by Gasteiger charge is -2.38. The third-order valence-electron chi connectivity index (χ3n) is 5.81. The van der Waals surface area contributed by atoms with Gasteiger partial charge in [0.2, 0.25) is 10.0 Å². The molecule has 4 rings (SSSR count). The SMILES string of the molecule is CC(C)NS(=O)(=O)c1ccc2c(c1)CN([C@H]1CO[C@H](c3cc(F)ccc3F)[C@@H](N)C1)C2. The summed E-state index contributed by atoms with van der Waals surface area (Å²) in [4.78, 5) is 2.44. The van der Waals surface area contributed by atoms with Crippen LogP contribution < -0.4 is 10.5 Å². The van der Waals surface area contributed by atoms with Crippen molar-refractivity contribution in [3.8, 4) is 0 Å². The van der Waals surface area contributed by atoms with E-state index in [1.54, 1.807) is 26.0 Å². The van der Waals surface area contributed by atoms with Gasteiger partial charge in [-0.2, -0.15) is 0 Å². The highest BCUT2D eigenvalue weighted by molar-refractivity contribution is 7.89. The molecule has 1 fully saturated rings. The van der Waals surface area contributed by atoms with E-state index >= 15 is 0 Å². The maximum atomic E-state index is 14.2. The van der Waals surface area contributed by atoms with Gasteiger partial charge in [-0.25, -0.2) is 21.9 Å². The highest BCUT2D eigenvalue weighted by Crippen LogP contribution is 2.34. The van der Waals surface area contributed by atoms with Gasteiger partial charge in [0.25, 0.3) is 0 Å². The second-order valence-corrected chi connectivity index (χ2v) is 10.3. The number of sulfonamides is 1. The summed E-state index contributed by atoms with van der Waals surface area (Å²) in [5.41, 5.74) is 8.46. The number of nitrogens with two attached hydrogens (primary N) is 1. The summed E-state index contributed by atoms with van der Waals surface area (Å²) in [6, 6.07) is 7.82. The molecule has 2 aromatic carbocycles. The molecular formula is C22H27F2N3O3S. The van der Waals surface area contributed by atoms with E-state index in [9.17, 15) is 17.2 Å². The lowest BCUT2D eigenvalue weighted by atomic mass is 9.93. The maximum Gasteiger partial charge on any atom is 0.240 e. The first-order chi connectivity index (χ1) is 14.6. The predicted molar refractivity (Wildman–Crippen MR) is 113 cm³/mol. The highest BCUT2D eigenvalue weighted by atomic mass is 32.2. The zero-order chi connectivity index (χ0) is 22.3. The minimum Gasteiger partial charge on any atom is -0.370 e. The molecular weight excluding hydrogens is 424 g/mol. The van der Waals surface area contributed by atoms with Gasteiger partial charge >= 0.3 is 0 Å². The number of fused-ring (bicyclic) bond motifs is 1. The Bertz CT molecular complexity index is 1080. The first kappa shape index (κ1) is 22.3. The van der Waals surface area contributed by atoms with Gasteiger partial charge < -0.3 is 10.5 Å². The molecule has 3 atom stereocenters. The lowest BCUT2D eigenvalue weighted by Crippen LogP contribution is -2.47. The smallest absolute Gasteiger partial charge is 0.240 e. The highest BCUT2D eigenvalue weighted by Gasteiger charge is 2.36.